The van der Waals surface area contributed by atoms with Crippen LogP contribution in [0.3, 0.4) is 0 Å². The molecule has 1 saturated carbocycles. The topological polar surface area (TPSA) is 61.0 Å². The monoisotopic (exact) mass is 390 g/mol. The third kappa shape index (κ3) is 4.14. The zero-order valence-corrected chi connectivity index (χ0v) is 17.6. The number of nitrogens with one attached hydrogen (secondary N) is 2. The maximum atomic E-state index is 12.8. The Morgan fingerprint density at radius 1 is 1.14 bits per heavy atom. The number of aromatic amines is 1. The smallest absolute Gasteiger partial charge is 0.255 e. The van der Waals surface area contributed by atoms with Gasteiger partial charge in [-0.05, 0) is 49.1 Å². The van der Waals surface area contributed by atoms with E-state index >= 15 is 0 Å². The van der Waals surface area contributed by atoms with Crippen LogP contribution in [0.2, 0.25) is 0 Å². The fraction of sp³-hybridized carbons (Fsp3) is 0.417. The van der Waals surface area contributed by atoms with Gasteiger partial charge in [-0.3, -0.25) is 4.79 Å². The molecule has 4 rings (SSSR count). The molecule has 0 aliphatic heterocycles. The quantitative estimate of drug-likeness (QED) is 0.605. The van der Waals surface area contributed by atoms with Gasteiger partial charge >= 0.3 is 0 Å². The Bertz CT molecular complexity index is 998. The van der Waals surface area contributed by atoms with Crippen molar-refractivity contribution in [2.75, 3.05) is 24.3 Å². The molecule has 0 bridgehead atoms. The Morgan fingerprint density at radius 2 is 1.86 bits per heavy atom. The molecule has 5 heteroatoms. The minimum Gasteiger partial charge on any atom is -0.376 e. The molecule has 1 heterocycles. The lowest BCUT2D eigenvalue weighted by Crippen LogP contribution is -2.16. The zero-order chi connectivity index (χ0) is 20.4. The molecule has 152 valence electrons. The lowest BCUT2D eigenvalue weighted by atomic mass is 9.89. The van der Waals surface area contributed by atoms with Gasteiger partial charge in [-0.2, -0.15) is 0 Å². The molecule has 5 nitrogen and oxygen atoms in total. The van der Waals surface area contributed by atoms with E-state index in [-0.39, 0.29) is 5.91 Å². The van der Waals surface area contributed by atoms with Crippen LogP contribution in [0.15, 0.2) is 36.4 Å². The molecule has 1 amide bonds. The average molecular weight is 391 g/mol. The van der Waals surface area contributed by atoms with Gasteiger partial charge in [0.1, 0.15) is 5.82 Å². The summed E-state index contributed by atoms with van der Waals surface area (Å²) in [4.78, 5) is 23.2. The van der Waals surface area contributed by atoms with Crippen molar-refractivity contribution in [3.63, 3.8) is 0 Å². The third-order valence-corrected chi connectivity index (χ3v) is 5.96. The van der Waals surface area contributed by atoms with Gasteiger partial charge < -0.3 is 15.2 Å². The molecule has 2 N–H and O–H groups in total. The van der Waals surface area contributed by atoms with E-state index in [0.29, 0.717) is 11.5 Å². The molecule has 0 atom stereocenters. The molecule has 29 heavy (non-hydrogen) atoms. The molecular formula is C24H30N4O. The Labute approximate surface area is 172 Å². The van der Waals surface area contributed by atoms with Gasteiger partial charge in [-0.1, -0.05) is 38.3 Å². The minimum absolute atomic E-state index is 0.0953. The predicted octanol–water partition coefficient (Wildman–Crippen LogP) is 5.49. The highest BCUT2D eigenvalue weighted by Gasteiger charge is 2.20. The summed E-state index contributed by atoms with van der Waals surface area (Å²) in [7, 11) is 3.98. The van der Waals surface area contributed by atoms with E-state index in [1.165, 1.54) is 37.7 Å². The van der Waals surface area contributed by atoms with Crippen LogP contribution in [0, 0.1) is 0 Å². The number of H-pyrrole nitrogens is 1. The van der Waals surface area contributed by atoms with Gasteiger partial charge in [0.2, 0.25) is 0 Å². The number of benzene rings is 2. The highest BCUT2D eigenvalue weighted by atomic mass is 16.1. The number of carbonyl (C=O) groups is 1. The van der Waals surface area contributed by atoms with E-state index in [1.807, 2.05) is 49.3 Å². The minimum atomic E-state index is -0.0953. The first-order valence-electron chi connectivity index (χ1n) is 10.7. The fourth-order valence-corrected chi connectivity index (χ4v) is 4.19. The molecule has 2 aromatic carbocycles. The maximum absolute atomic E-state index is 12.8. The molecule has 0 unspecified atom stereocenters. The number of amides is 1. The number of anilines is 2. The van der Waals surface area contributed by atoms with Crippen LogP contribution in [0.4, 0.5) is 11.4 Å². The SMILES string of the molecule is CCc1ccc(C(=O)Nc2cc3[nH]c(C4CCCCC4)nc3cc2N(C)C)cc1. The Kier molecular flexibility index (Phi) is 5.56. The number of imidazole rings is 1. The summed E-state index contributed by atoms with van der Waals surface area (Å²) in [6.45, 7) is 2.11. The molecule has 3 aromatic rings. The van der Waals surface area contributed by atoms with Crippen molar-refractivity contribution in [2.45, 2.75) is 51.4 Å². The van der Waals surface area contributed by atoms with Crippen molar-refractivity contribution in [3.05, 3.63) is 53.3 Å². The maximum Gasteiger partial charge on any atom is 0.255 e. The number of fused-ring (bicyclic) bond motifs is 1. The second-order valence-electron chi connectivity index (χ2n) is 8.24. The molecular weight excluding hydrogens is 360 g/mol. The van der Waals surface area contributed by atoms with Crippen LogP contribution in [-0.2, 0) is 6.42 Å². The average Bonchev–Trinajstić information content (AvgIpc) is 3.17. The fourth-order valence-electron chi connectivity index (χ4n) is 4.19. The first-order valence-corrected chi connectivity index (χ1v) is 10.7. The van der Waals surface area contributed by atoms with Gasteiger partial charge in [0.15, 0.2) is 0 Å². The van der Waals surface area contributed by atoms with Crippen molar-refractivity contribution in [1.29, 1.82) is 0 Å². The van der Waals surface area contributed by atoms with Crippen LogP contribution in [0.25, 0.3) is 11.0 Å². The summed E-state index contributed by atoms with van der Waals surface area (Å²) < 4.78 is 0. The largest absolute Gasteiger partial charge is 0.376 e. The standard InChI is InChI=1S/C24H30N4O/c1-4-16-10-12-18(13-11-16)24(29)27-21-14-19-20(15-22(21)28(2)3)26-23(25-19)17-8-6-5-7-9-17/h10-15,17H,4-9H2,1-3H3,(H,25,26)(H,27,29). The van der Waals surface area contributed by atoms with Crippen LogP contribution in [-0.4, -0.2) is 30.0 Å². The van der Waals surface area contributed by atoms with E-state index < -0.39 is 0 Å². The molecule has 0 radical (unpaired) electrons. The number of aromatic nitrogens is 2. The second kappa shape index (κ2) is 8.27. The van der Waals surface area contributed by atoms with Crippen molar-refractivity contribution in [2.24, 2.45) is 0 Å². The summed E-state index contributed by atoms with van der Waals surface area (Å²) in [6.07, 6.45) is 7.27. The number of rotatable bonds is 5. The van der Waals surface area contributed by atoms with E-state index in [2.05, 4.69) is 23.3 Å². The Morgan fingerprint density at radius 3 is 2.52 bits per heavy atom. The van der Waals surface area contributed by atoms with Crippen molar-refractivity contribution in [3.8, 4) is 0 Å². The molecule has 1 aliphatic rings. The van der Waals surface area contributed by atoms with Gasteiger partial charge in [0.25, 0.3) is 5.91 Å². The van der Waals surface area contributed by atoms with Crippen molar-refractivity contribution < 1.29 is 4.79 Å². The second-order valence-corrected chi connectivity index (χ2v) is 8.24. The summed E-state index contributed by atoms with van der Waals surface area (Å²) in [5, 5.41) is 3.10. The number of nitrogens with zero attached hydrogens (tertiary/aromatic N) is 2. The summed E-state index contributed by atoms with van der Waals surface area (Å²) >= 11 is 0. The van der Waals surface area contributed by atoms with Crippen LogP contribution < -0.4 is 10.2 Å². The summed E-state index contributed by atoms with van der Waals surface area (Å²) in [5.41, 5.74) is 5.58. The van der Waals surface area contributed by atoms with E-state index in [9.17, 15) is 4.79 Å². The lowest BCUT2D eigenvalue weighted by molar-refractivity contribution is 0.102. The Balaban J connectivity index is 1.64. The van der Waals surface area contributed by atoms with Gasteiger partial charge in [-0.15, -0.1) is 0 Å². The van der Waals surface area contributed by atoms with Crippen molar-refractivity contribution >= 4 is 28.3 Å². The first-order chi connectivity index (χ1) is 14.0. The number of hydrogen-bond donors (Lipinski definition) is 2. The van der Waals surface area contributed by atoms with E-state index in [0.717, 1.165) is 34.7 Å². The number of carbonyl (C=O) groups excluding carboxylic acids is 1. The summed E-state index contributed by atoms with van der Waals surface area (Å²) in [6, 6.07) is 11.9. The highest BCUT2D eigenvalue weighted by molar-refractivity contribution is 6.07. The zero-order valence-electron chi connectivity index (χ0n) is 17.6. The number of aryl methyl sites for hydroxylation is 1. The highest BCUT2D eigenvalue weighted by Crippen LogP contribution is 2.35. The lowest BCUT2D eigenvalue weighted by Gasteiger charge is -2.18. The van der Waals surface area contributed by atoms with Crippen molar-refractivity contribution in [1.82, 2.24) is 9.97 Å². The van der Waals surface area contributed by atoms with Gasteiger partial charge in [0, 0.05) is 25.6 Å². The normalized spacial score (nSPS) is 14.9. The molecule has 0 saturated heterocycles. The number of hydrogen-bond acceptors (Lipinski definition) is 3. The molecule has 0 spiro atoms. The summed E-state index contributed by atoms with van der Waals surface area (Å²) in [5.74, 6) is 1.51. The van der Waals surface area contributed by atoms with E-state index in [1.54, 1.807) is 0 Å². The molecule has 1 aromatic heterocycles. The van der Waals surface area contributed by atoms with Gasteiger partial charge in [0.05, 0.1) is 22.4 Å². The van der Waals surface area contributed by atoms with Crippen LogP contribution in [0.1, 0.15) is 66.7 Å². The van der Waals surface area contributed by atoms with Gasteiger partial charge in [-0.25, -0.2) is 4.98 Å². The third-order valence-electron chi connectivity index (χ3n) is 5.96. The molecule has 1 aliphatic carbocycles. The first kappa shape index (κ1) is 19.5. The Hall–Kier alpha value is -2.82. The van der Waals surface area contributed by atoms with E-state index in [4.69, 9.17) is 4.98 Å². The van der Waals surface area contributed by atoms with Crippen LogP contribution in [0.5, 0.6) is 0 Å². The molecule has 1 fully saturated rings. The predicted molar refractivity (Wildman–Crippen MR) is 120 cm³/mol. The van der Waals surface area contributed by atoms with Crippen LogP contribution >= 0.6 is 0 Å².